The van der Waals surface area contributed by atoms with Crippen molar-refractivity contribution < 1.29 is 28.6 Å². The molecular weight excluding hydrogens is 614 g/mol. The van der Waals surface area contributed by atoms with Crippen LogP contribution in [0.3, 0.4) is 0 Å². The summed E-state index contributed by atoms with van der Waals surface area (Å²) in [5.74, 6) is 0.868. The standard InChI is InChI=1S/C42H71NO6/c1-43(2)36-38-33-37(34-38)35-42(46)49-39(29-25-21-17-13-9-5-7-11-15-19-23-27-31-40(44)47-3)30-26-22-18-14-10-6-8-12-16-20-24-28-32-41(45)48-4/h11-12,15-16,23-24,27-28,37-39H,5-10,13-14,17-22,25-26,29-36H2,1-4H3/b15-11-,16-12-,27-23-,28-24-. The quantitative estimate of drug-likeness (QED) is 0.0311. The molecule has 1 fully saturated rings. The average Bonchev–Trinajstić information content (AvgIpc) is 3.06. The number of unbranched alkanes of at least 4 members (excludes halogenated alkanes) is 12. The van der Waals surface area contributed by atoms with Crippen LogP contribution in [0.15, 0.2) is 48.6 Å². The molecule has 1 rings (SSSR count). The zero-order valence-electron chi connectivity index (χ0n) is 31.7. The molecule has 1 aliphatic carbocycles. The lowest BCUT2D eigenvalue weighted by Crippen LogP contribution is -2.34. The Morgan fingerprint density at radius 1 is 0.571 bits per heavy atom. The predicted molar refractivity (Wildman–Crippen MR) is 202 cm³/mol. The second-order valence-electron chi connectivity index (χ2n) is 14.1. The lowest BCUT2D eigenvalue weighted by Gasteiger charge is -2.36. The van der Waals surface area contributed by atoms with E-state index in [1.54, 1.807) is 0 Å². The topological polar surface area (TPSA) is 82.1 Å². The van der Waals surface area contributed by atoms with E-state index in [2.05, 4.69) is 52.8 Å². The van der Waals surface area contributed by atoms with Crippen molar-refractivity contribution >= 4 is 17.9 Å². The molecule has 0 aliphatic heterocycles. The Kier molecular flexibility index (Phi) is 28.3. The first-order chi connectivity index (χ1) is 23.8. The monoisotopic (exact) mass is 686 g/mol. The van der Waals surface area contributed by atoms with Crippen LogP contribution in [-0.4, -0.2) is 63.8 Å². The van der Waals surface area contributed by atoms with E-state index in [1.807, 2.05) is 24.3 Å². The molecule has 7 nitrogen and oxygen atoms in total. The molecule has 1 saturated carbocycles. The molecule has 0 heterocycles. The maximum atomic E-state index is 12.8. The van der Waals surface area contributed by atoms with Crippen LogP contribution >= 0.6 is 0 Å². The van der Waals surface area contributed by atoms with Crippen LogP contribution < -0.4 is 0 Å². The van der Waals surface area contributed by atoms with Gasteiger partial charge in [0.05, 0.1) is 27.1 Å². The molecule has 0 aromatic carbocycles. The van der Waals surface area contributed by atoms with Gasteiger partial charge in [-0.05, 0) is 103 Å². The van der Waals surface area contributed by atoms with Crippen LogP contribution in [0, 0.1) is 11.8 Å². The number of allylic oxidation sites excluding steroid dienone is 6. The Bertz CT molecular complexity index is 906. The first-order valence-corrected chi connectivity index (χ1v) is 19.4. The van der Waals surface area contributed by atoms with Gasteiger partial charge in [-0.15, -0.1) is 0 Å². The summed E-state index contributed by atoms with van der Waals surface area (Å²) in [7, 11) is 7.07. The number of rotatable bonds is 31. The molecule has 0 amide bonds. The molecule has 0 spiro atoms. The molecule has 0 saturated heterocycles. The number of ether oxygens (including phenoxy) is 3. The average molecular weight is 686 g/mol. The van der Waals surface area contributed by atoms with Crippen molar-refractivity contribution in [2.45, 2.75) is 154 Å². The third kappa shape index (κ3) is 27.8. The van der Waals surface area contributed by atoms with Crippen LogP contribution in [0.2, 0.25) is 0 Å². The molecule has 0 N–H and O–H groups in total. The van der Waals surface area contributed by atoms with Gasteiger partial charge in [0, 0.05) is 13.0 Å². The third-order valence-electron chi connectivity index (χ3n) is 9.24. The molecule has 7 heteroatoms. The Balaban J connectivity index is 2.22. The summed E-state index contributed by atoms with van der Waals surface area (Å²) in [6.07, 6.45) is 40.8. The maximum absolute atomic E-state index is 12.8. The van der Waals surface area contributed by atoms with E-state index < -0.39 is 0 Å². The zero-order chi connectivity index (χ0) is 35.8. The Hall–Kier alpha value is -2.67. The normalized spacial score (nSPS) is 16.4. The Morgan fingerprint density at radius 2 is 1.00 bits per heavy atom. The smallest absolute Gasteiger partial charge is 0.309 e. The minimum Gasteiger partial charge on any atom is -0.469 e. The number of nitrogens with zero attached hydrogens (tertiary/aromatic N) is 1. The first-order valence-electron chi connectivity index (χ1n) is 19.4. The fourth-order valence-electron chi connectivity index (χ4n) is 6.42. The van der Waals surface area contributed by atoms with Crippen molar-refractivity contribution in [1.29, 1.82) is 0 Å². The van der Waals surface area contributed by atoms with Gasteiger partial charge in [-0.2, -0.15) is 0 Å². The molecular formula is C42H71NO6. The van der Waals surface area contributed by atoms with Crippen molar-refractivity contribution in [3.05, 3.63) is 48.6 Å². The minimum absolute atomic E-state index is 0.0253. The van der Waals surface area contributed by atoms with E-state index in [0.717, 1.165) is 76.7 Å². The van der Waals surface area contributed by atoms with E-state index in [-0.39, 0.29) is 24.0 Å². The molecule has 1 aliphatic rings. The summed E-state index contributed by atoms with van der Waals surface area (Å²) in [5, 5.41) is 0. The molecule has 0 atom stereocenters. The predicted octanol–water partition coefficient (Wildman–Crippen LogP) is 10.2. The molecule has 0 aromatic heterocycles. The van der Waals surface area contributed by atoms with Crippen LogP contribution in [-0.2, 0) is 28.6 Å². The lowest BCUT2D eigenvalue weighted by molar-refractivity contribution is -0.152. The van der Waals surface area contributed by atoms with E-state index in [4.69, 9.17) is 4.74 Å². The van der Waals surface area contributed by atoms with Crippen LogP contribution in [0.4, 0.5) is 0 Å². The number of carbonyl (C=O) groups excluding carboxylic acids is 3. The Morgan fingerprint density at radius 3 is 1.45 bits per heavy atom. The van der Waals surface area contributed by atoms with Gasteiger partial charge in [0.15, 0.2) is 0 Å². The summed E-state index contributed by atoms with van der Waals surface area (Å²) in [6.45, 7) is 1.12. The fraction of sp³-hybridized carbons (Fsp3) is 0.738. The van der Waals surface area contributed by atoms with Crippen molar-refractivity contribution in [3.63, 3.8) is 0 Å². The molecule has 0 unspecified atom stereocenters. The van der Waals surface area contributed by atoms with Gasteiger partial charge in [0.2, 0.25) is 0 Å². The summed E-state index contributed by atoms with van der Waals surface area (Å²) < 4.78 is 15.4. The van der Waals surface area contributed by atoms with Gasteiger partial charge in [-0.3, -0.25) is 14.4 Å². The lowest BCUT2D eigenvalue weighted by atomic mass is 9.73. The second kappa shape index (κ2) is 31.3. The largest absolute Gasteiger partial charge is 0.469 e. The van der Waals surface area contributed by atoms with Gasteiger partial charge in [-0.25, -0.2) is 0 Å². The van der Waals surface area contributed by atoms with Crippen LogP contribution in [0.25, 0.3) is 0 Å². The minimum atomic E-state index is -0.200. The van der Waals surface area contributed by atoms with Crippen LogP contribution in [0.5, 0.6) is 0 Å². The number of methoxy groups -OCH3 is 2. The summed E-state index contributed by atoms with van der Waals surface area (Å²) in [4.78, 5) is 37.3. The zero-order valence-corrected chi connectivity index (χ0v) is 31.7. The summed E-state index contributed by atoms with van der Waals surface area (Å²) in [6, 6.07) is 0. The van der Waals surface area contributed by atoms with Gasteiger partial charge in [0.25, 0.3) is 0 Å². The number of hydrogen-bond donors (Lipinski definition) is 0. The van der Waals surface area contributed by atoms with Gasteiger partial charge < -0.3 is 19.1 Å². The maximum Gasteiger partial charge on any atom is 0.309 e. The highest BCUT2D eigenvalue weighted by Crippen LogP contribution is 2.36. The van der Waals surface area contributed by atoms with E-state index in [1.165, 1.54) is 78.4 Å². The van der Waals surface area contributed by atoms with Crippen molar-refractivity contribution in [3.8, 4) is 0 Å². The first kappa shape index (κ1) is 44.4. The second-order valence-corrected chi connectivity index (χ2v) is 14.1. The Labute approximate surface area is 300 Å². The molecule has 0 bridgehead atoms. The van der Waals surface area contributed by atoms with E-state index >= 15 is 0 Å². The highest BCUT2D eigenvalue weighted by Gasteiger charge is 2.31. The summed E-state index contributed by atoms with van der Waals surface area (Å²) in [5.41, 5.74) is 0. The van der Waals surface area contributed by atoms with Gasteiger partial charge in [0.1, 0.15) is 6.10 Å². The van der Waals surface area contributed by atoms with E-state index in [9.17, 15) is 14.4 Å². The number of carbonyl (C=O) groups is 3. The van der Waals surface area contributed by atoms with Gasteiger partial charge in [-0.1, -0.05) is 100.0 Å². The van der Waals surface area contributed by atoms with Crippen LogP contribution in [0.1, 0.15) is 148 Å². The summed E-state index contributed by atoms with van der Waals surface area (Å²) >= 11 is 0. The highest BCUT2D eigenvalue weighted by molar-refractivity contribution is 5.71. The SMILES string of the molecule is COC(=O)C/C=C\C/C=C\CCCCCCCCC(CCCCCCCC/C=C\C/C=C\CC(=O)OC)OC(=O)CC1CC(CN(C)C)C1. The number of esters is 3. The van der Waals surface area contributed by atoms with Crippen molar-refractivity contribution in [2.75, 3.05) is 34.9 Å². The highest BCUT2D eigenvalue weighted by atomic mass is 16.5. The van der Waals surface area contributed by atoms with Crippen molar-refractivity contribution in [2.24, 2.45) is 11.8 Å². The molecule has 0 radical (unpaired) electrons. The third-order valence-corrected chi connectivity index (χ3v) is 9.24. The van der Waals surface area contributed by atoms with Crippen molar-refractivity contribution in [1.82, 2.24) is 4.90 Å². The fourth-order valence-corrected chi connectivity index (χ4v) is 6.42. The number of hydrogen-bond acceptors (Lipinski definition) is 7. The molecule has 0 aromatic rings. The molecule has 49 heavy (non-hydrogen) atoms. The molecule has 280 valence electrons. The van der Waals surface area contributed by atoms with E-state index in [0.29, 0.717) is 25.2 Å². The van der Waals surface area contributed by atoms with Gasteiger partial charge >= 0.3 is 17.9 Å².